The van der Waals surface area contributed by atoms with Gasteiger partial charge in [-0.3, -0.25) is 4.79 Å². The summed E-state index contributed by atoms with van der Waals surface area (Å²) in [7, 11) is 1.41. The summed E-state index contributed by atoms with van der Waals surface area (Å²) >= 11 is 6.79. The van der Waals surface area contributed by atoms with Crippen molar-refractivity contribution < 1.29 is 32.5 Å². The van der Waals surface area contributed by atoms with Crippen LogP contribution in [0.2, 0.25) is 5.02 Å². The van der Waals surface area contributed by atoms with Crippen molar-refractivity contribution in [2.75, 3.05) is 13.7 Å². The number of methoxy groups -OCH3 is 1. The average molecular weight is 453 g/mol. The molecule has 0 aliphatic carbocycles. The minimum absolute atomic E-state index is 0.119. The Morgan fingerprint density at radius 3 is 2.59 bits per heavy atom. The molecule has 160 valence electrons. The molecule has 2 rings (SSSR count). The molecule has 0 spiro atoms. The lowest BCUT2D eigenvalue weighted by atomic mass is 9.99. The number of carbonyl (C=O) groups is 1. The third-order valence-electron chi connectivity index (χ3n) is 3.93. The van der Waals surface area contributed by atoms with Gasteiger partial charge in [0.05, 0.1) is 25.2 Å². The average Bonchev–Trinajstić information content (AvgIpc) is 3.07. The summed E-state index contributed by atoms with van der Waals surface area (Å²) in [5, 5.41) is 13.6. The fourth-order valence-electron chi connectivity index (χ4n) is 2.50. The molecule has 0 fully saturated rings. The predicted molar refractivity (Wildman–Crippen MR) is 102 cm³/mol. The minimum Gasteiger partial charge on any atom is -0.493 e. The van der Waals surface area contributed by atoms with Gasteiger partial charge < -0.3 is 19.9 Å². The Hall–Kier alpha value is -2.04. The molecule has 29 heavy (non-hydrogen) atoms. The highest BCUT2D eigenvalue weighted by Crippen LogP contribution is 2.43. The predicted octanol–water partition coefficient (Wildman–Crippen LogP) is 3.97. The lowest BCUT2D eigenvalue weighted by Crippen LogP contribution is -2.46. The number of aryl methyl sites for hydroxylation is 1. The maximum absolute atomic E-state index is 13.5. The number of rotatable bonds is 8. The number of ether oxygens (including phenoxy) is 2. The zero-order valence-electron chi connectivity index (χ0n) is 15.9. The Balaban J connectivity index is 2.15. The quantitative estimate of drug-likeness (QED) is 0.633. The van der Waals surface area contributed by atoms with Gasteiger partial charge in [0.2, 0.25) is 11.5 Å². The normalized spacial score (nSPS) is 13.7. The lowest BCUT2D eigenvalue weighted by Gasteiger charge is -2.27. The van der Waals surface area contributed by atoms with Crippen LogP contribution in [0.1, 0.15) is 29.6 Å². The number of nitrogens with zero attached hydrogens (tertiary/aromatic N) is 1. The third-order valence-corrected chi connectivity index (χ3v) is 5.32. The van der Waals surface area contributed by atoms with Crippen LogP contribution in [0.15, 0.2) is 17.5 Å². The summed E-state index contributed by atoms with van der Waals surface area (Å²) in [6.07, 6.45) is -6.29. The number of aliphatic hydroxyl groups is 1. The van der Waals surface area contributed by atoms with Gasteiger partial charge in [-0.25, -0.2) is 4.98 Å². The summed E-state index contributed by atoms with van der Waals surface area (Å²) in [5.41, 5.74) is -2.56. The first-order chi connectivity index (χ1) is 13.5. The van der Waals surface area contributed by atoms with Gasteiger partial charge in [0.15, 0.2) is 11.5 Å². The second-order valence-corrected chi connectivity index (χ2v) is 7.41. The highest BCUT2D eigenvalue weighted by atomic mass is 35.5. The van der Waals surface area contributed by atoms with E-state index in [2.05, 4.69) is 10.3 Å². The standard InChI is InChI=1S/C18H20ClF3N2O4S/c1-4-28-15-12(19)5-11(6-13(15)27-3)8-23-14(25)7-17(26,18(20,21)22)16-24-10(2)9-29-16/h5-6,9,26H,4,7-8H2,1-3H3,(H,23,25). The maximum atomic E-state index is 13.5. The monoisotopic (exact) mass is 452 g/mol. The molecule has 1 heterocycles. The van der Waals surface area contributed by atoms with E-state index in [0.29, 0.717) is 40.7 Å². The topological polar surface area (TPSA) is 80.7 Å². The van der Waals surface area contributed by atoms with Crippen LogP contribution in [0.5, 0.6) is 11.5 Å². The number of aromatic nitrogens is 1. The minimum atomic E-state index is -5.07. The maximum Gasteiger partial charge on any atom is 0.424 e. The fourth-order valence-corrected chi connectivity index (χ4v) is 3.70. The van der Waals surface area contributed by atoms with Gasteiger partial charge in [-0.05, 0) is 31.5 Å². The fraction of sp³-hybridized carbons (Fsp3) is 0.444. The molecule has 0 bridgehead atoms. The van der Waals surface area contributed by atoms with Crippen molar-refractivity contribution in [1.82, 2.24) is 10.3 Å². The number of nitrogens with one attached hydrogen (secondary N) is 1. The van der Waals surface area contributed by atoms with Crippen molar-refractivity contribution in [2.45, 2.75) is 38.6 Å². The van der Waals surface area contributed by atoms with Crippen LogP contribution in [0.3, 0.4) is 0 Å². The van der Waals surface area contributed by atoms with E-state index in [-0.39, 0.29) is 11.6 Å². The summed E-state index contributed by atoms with van der Waals surface area (Å²) in [5.74, 6) is -0.340. The smallest absolute Gasteiger partial charge is 0.424 e. The van der Waals surface area contributed by atoms with Gasteiger partial charge in [-0.15, -0.1) is 11.3 Å². The number of hydrogen-bond acceptors (Lipinski definition) is 6. The molecule has 0 saturated carbocycles. The van der Waals surface area contributed by atoms with E-state index in [1.165, 1.54) is 25.5 Å². The van der Waals surface area contributed by atoms with Crippen molar-refractivity contribution >= 4 is 28.8 Å². The lowest BCUT2D eigenvalue weighted by molar-refractivity contribution is -0.267. The first kappa shape index (κ1) is 23.2. The summed E-state index contributed by atoms with van der Waals surface area (Å²) < 4.78 is 51.0. The first-order valence-corrected chi connectivity index (χ1v) is 9.75. The van der Waals surface area contributed by atoms with Crippen LogP contribution < -0.4 is 14.8 Å². The Bertz CT molecular complexity index is 875. The SMILES string of the molecule is CCOc1c(Cl)cc(CNC(=O)CC(O)(c2nc(C)cs2)C(F)(F)F)cc1OC. The van der Waals surface area contributed by atoms with Crippen molar-refractivity contribution in [3.8, 4) is 11.5 Å². The van der Waals surface area contributed by atoms with E-state index in [1.54, 1.807) is 13.0 Å². The van der Waals surface area contributed by atoms with E-state index in [9.17, 15) is 23.1 Å². The van der Waals surface area contributed by atoms with Gasteiger partial charge in [0.25, 0.3) is 0 Å². The Morgan fingerprint density at radius 1 is 1.38 bits per heavy atom. The summed E-state index contributed by atoms with van der Waals surface area (Å²) in [6.45, 7) is 3.51. The number of amides is 1. The van der Waals surface area contributed by atoms with Gasteiger partial charge in [-0.1, -0.05) is 11.6 Å². The highest BCUT2D eigenvalue weighted by molar-refractivity contribution is 7.09. The van der Waals surface area contributed by atoms with Crippen LogP contribution in [0, 0.1) is 6.92 Å². The molecule has 11 heteroatoms. The molecule has 0 aliphatic rings. The molecule has 0 radical (unpaired) electrons. The Kier molecular flexibility index (Phi) is 7.36. The largest absolute Gasteiger partial charge is 0.493 e. The van der Waals surface area contributed by atoms with Crippen molar-refractivity contribution in [2.24, 2.45) is 0 Å². The number of alkyl halides is 3. The van der Waals surface area contributed by atoms with Gasteiger partial charge in [0.1, 0.15) is 5.01 Å². The molecule has 6 nitrogen and oxygen atoms in total. The summed E-state index contributed by atoms with van der Waals surface area (Å²) in [4.78, 5) is 15.9. The van der Waals surface area contributed by atoms with Crippen LogP contribution >= 0.6 is 22.9 Å². The molecule has 0 aliphatic heterocycles. The van der Waals surface area contributed by atoms with E-state index in [1.807, 2.05) is 0 Å². The van der Waals surface area contributed by atoms with Gasteiger partial charge >= 0.3 is 6.18 Å². The molecule has 1 atom stereocenters. The molecule has 2 aromatic rings. The van der Waals surface area contributed by atoms with E-state index in [4.69, 9.17) is 21.1 Å². The molecule has 1 aromatic heterocycles. The van der Waals surface area contributed by atoms with Crippen molar-refractivity contribution in [1.29, 1.82) is 0 Å². The molecular formula is C18H20ClF3N2O4S. The number of thiazole rings is 1. The molecule has 1 unspecified atom stereocenters. The molecule has 2 N–H and O–H groups in total. The number of benzene rings is 1. The number of carbonyl (C=O) groups excluding carboxylic acids is 1. The second-order valence-electron chi connectivity index (χ2n) is 6.15. The highest BCUT2D eigenvalue weighted by Gasteiger charge is 2.58. The molecule has 1 amide bonds. The van der Waals surface area contributed by atoms with Crippen LogP contribution in [-0.2, 0) is 16.9 Å². The Morgan fingerprint density at radius 2 is 2.07 bits per heavy atom. The van der Waals surface area contributed by atoms with Crippen molar-refractivity contribution in [3.63, 3.8) is 0 Å². The molecule has 1 aromatic carbocycles. The van der Waals surface area contributed by atoms with Crippen LogP contribution in [0.25, 0.3) is 0 Å². The number of halogens is 4. The zero-order chi connectivity index (χ0) is 21.8. The molecular weight excluding hydrogens is 433 g/mol. The van der Waals surface area contributed by atoms with E-state index in [0.717, 1.165) is 0 Å². The Labute approximate surface area is 174 Å². The van der Waals surface area contributed by atoms with Crippen LogP contribution in [0.4, 0.5) is 13.2 Å². The summed E-state index contributed by atoms with van der Waals surface area (Å²) in [6, 6.07) is 3.06. The molecule has 0 saturated heterocycles. The van der Waals surface area contributed by atoms with Crippen LogP contribution in [-0.4, -0.2) is 35.9 Å². The van der Waals surface area contributed by atoms with Gasteiger partial charge in [-0.2, -0.15) is 13.2 Å². The van der Waals surface area contributed by atoms with Crippen molar-refractivity contribution in [3.05, 3.63) is 38.8 Å². The number of hydrogen-bond donors (Lipinski definition) is 2. The van der Waals surface area contributed by atoms with Gasteiger partial charge in [0, 0.05) is 17.6 Å². The van der Waals surface area contributed by atoms with E-state index < -0.39 is 29.1 Å². The second kappa shape index (κ2) is 9.19. The zero-order valence-corrected chi connectivity index (χ0v) is 17.5. The van der Waals surface area contributed by atoms with E-state index >= 15 is 0 Å². The first-order valence-electron chi connectivity index (χ1n) is 8.49. The third kappa shape index (κ3) is 5.31.